The molecule has 1 aliphatic heterocycles. The Hall–Kier alpha value is -1.95. The zero-order chi connectivity index (χ0) is 14.2. The normalized spacial score (nSPS) is 21.8. The van der Waals surface area contributed by atoms with E-state index in [4.69, 9.17) is 9.47 Å². The van der Waals surface area contributed by atoms with Gasteiger partial charge in [0.1, 0.15) is 11.7 Å². The second-order valence-corrected chi connectivity index (χ2v) is 5.36. The van der Waals surface area contributed by atoms with E-state index < -0.39 is 22.6 Å². The smallest absolute Gasteiger partial charge is 0.338 e. The van der Waals surface area contributed by atoms with Crippen molar-refractivity contribution in [2.45, 2.75) is 38.6 Å². The number of esters is 1. The number of carbonyl (C=O) groups excluding carboxylic acids is 1. The van der Waals surface area contributed by atoms with Crippen molar-refractivity contribution in [1.82, 2.24) is 0 Å². The van der Waals surface area contributed by atoms with E-state index in [9.17, 15) is 14.9 Å². The third-order valence-corrected chi connectivity index (χ3v) is 2.56. The number of non-ortho nitro benzene ring substituents is 1. The van der Waals surface area contributed by atoms with Crippen LogP contribution in [0.1, 0.15) is 32.4 Å². The largest absolute Gasteiger partial charge is 0.458 e. The van der Waals surface area contributed by atoms with Gasteiger partial charge in [-0.1, -0.05) is 0 Å². The van der Waals surface area contributed by atoms with Crippen LogP contribution in [0.25, 0.3) is 0 Å². The molecule has 2 unspecified atom stereocenters. The molecule has 0 radical (unpaired) electrons. The Bertz CT molecular complexity index is 503. The molecule has 1 aromatic rings. The molecule has 19 heavy (non-hydrogen) atoms. The molecule has 1 saturated heterocycles. The van der Waals surface area contributed by atoms with E-state index in [0.29, 0.717) is 0 Å². The van der Waals surface area contributed by atoms with Crippen LogP contribution >= 0.6 is 0 Å². The number of nitro groups is 1. The van der Waals surface area contributed by atoms with E-state index in [0.717, 1.165) is 5.56 Å². The summed E-state index contributed by atoms with van der Waals surface area (Å²) >= 11 is 0. The number of nitrogens with zero attached hydrogens (tertiary/aromatic N) is 1. The van der Waals surface area contributed by atoms with Crippen molar-refractivity contribution in [3.8, 4) is 0 Å². The Kier molecular flexibility index (Phi) is 3.28. The molecule has 2 rings (SSSR count). The number of carbonyl (C=O) groups is 1. The summed E-state index contributed by atoms with van der Waals surface area (Å²) in [5.74, 6) is -0.407. The maximum Gasteiger partial charge on any atom is 0.338 e. The van der Waals surface area contributed by atoms with Crippen LogP contribution in [0.15, 0.2) is 24.3 Å². The third-order valence-electron chi connectivity index (χ3n) is 2.56. The van der Waals surface area contributed by atoms with Crippen molar-refractivity contribution >= 4 is 11.7 Å². The second-order valence-electron chi connectivity index (χ2n) is 5.36. The number of epoxide rings is 1. The Balaban J connectivity index is 1.99. The van der Waals surface area contributed by atoms with Crippen LogP contribution in [-0.4, -0.2) is 22.6 Å². The molecule has 0 aliphatic carbocycles. The number of hydrogen-bond acceptors (Lipinski definition) is 5. The fourth-order valence-electron chi connectivity index (χ4n) is 1.69. The fourth-order valence-corrected chi connectivity index (χ4v) is 1.69. The highest BCUT2D eigenvalue weighted by molar-refractivity contribution is 5.78. The molecule has 6 heteroatoms. The van der Waals surface area contributed by atoms with Crippen molar-refractivity contribution in [2.75, 3.05) is 0 Å². The molecular formula is C13H15NO5. The van der Waals surface area contributed by atoms with Gasteiger partial charge in [0.25, 0.3) is 5.69 Å². The first kappa shape index (κ1) is 13.5. The standard InChI is InChI=1S/C13H15NO5/c1-13(2,3)19-12(15)11-10(18-11)8-4-6-9(7-5-8)14(16)17/h4-7,10-11H,1-3H3. The van der Waals surface area contributed by atoms with Crippen molar-refractivity contribution in [2.24, 2.45) is 0 Å². The van der Waals surface area contributed by atoms with Crippen LogP contribution in [0.4, 0.5) is 5.69 Å². The lowest BCUT2D eigenvalue weighted by Gasteiger charge is -2.18. The monoisotopic (exact) mass is 265 g/mol. The molecule has 0 aromatic heterocycles. The van der Waals surface area contributed by atoms with Gasteiger partial charge in [0.15, 0.2) is 6.10 Å². The molecule has 0 bridgehead atoms. The highest BCUT2D eigenvalue weighted by Gasteiger charge is 2.48. The van der Waals surface area contributed by atoms with Gasteiger partial charge in [-0.15, -0.1) is 0 Å². The Morgan fingerprint density at radius 1 is 1.32 bits per heavy atom. The number of rotatable bonds is 3. The zero-order valence-electron chi connectivity index (χ0n) is 11.0. The van der Waals surface area contributed by atoms with E-state index in [1.165, 1.54) is 12.1 Å². The highest BCUT2D eigenvalue weighted by atomic mass is 16.6. The Morgan fingerprint density at radius 2 is 1.89 bits per heavy atom. The summed E-state index contributed by atoms with van der Waals surface area (Å²) in [4.78, 5) is 21.8. The van der Waals surface area contributed by atoms with E-state index >= 15 is 0 Å². The first-order chi connectivity index (χ1) is 8.78. The van der Waals surface area contributed by atoms with Crippen LogP contribution < -0.4 is 0 Å². The molecule has 1 aromatic carbocycles. The Labute approximate surface area is 110 Å². The number of benzene rings is 1. The zero-order valence-corrected chi connectivity index (χ0v) is 11.0. The van der Waals surface area contributed by atoms with Gasteiger partial charge < -0.3 is 9.47 Å². The molecule has 0 amide bonds. The topological polar surface area (TPSA) is 82.0 Å². The highest BCUT2D eigenvalue weighted by Crippen LogP contribution is 2.40. The van der Waals surface area contributed by atoms with Crippen LogP contribution in [0.2, 0.25) is 0 Å². The van der Waals surface area contributed by atoms with Gasteiger partial charge in [-0.25, -0.2) is 4.79 Å². The van der Waals surface area contributed by atoms with Crippen LogP contribution in [-0.2, 0) is 14.3 Å². The lowest BCUT2D eigenvalue weighted by atomic mass is 10.1. The number of ether oxygens (including phenoxy) is 2. The summed E-state index contributed by atoms with van der Waals surface area (Å²) < 4.78 is 10.5. The second kappa shape index (κ2) is 4.62. The predicted molar refractivity (Wildman–Crippen MR) is 66.6 cm³/mol. The maximum atomic E-state index is 11.7. The van der Waals surface area contributed by atoms with Crippen molar-refractivity contribution in [3.05, 3.63) is 39.9 Å². The fraction of sp³-hybridized carbons (Fsp3) is 0.462. The minimum absolute atomic E-state index is 0.0122. The van der Waals surface area contributed by atoms with Crippen LogP contribution in [0.3, 0.4) is 0 Å². The summed E-state index contributed by atoms with van der Waals surface area (Å²) in [5, 5.41) is 10.5. The summed E-state index contributed by atoms with van der Waals surface area (Å²) in [6, 6.07) is 5.96. The SMILES string of the molecule is CC(C)(C)OC(=O)C1OC1c1ccc([N+](=O)[O-])cc1. The molecule has 6 nitrogen and oxygen atoms in total. The molecule has 102 valence electrons. The molecule has 0 spiro atoms. The van der Waals surface area contributed by atoms with E-state index in [2.05, 4.69) is 0 Å². The summed E-state index contributed by atoms with van der Waals surface area (Å²) in [6.45, 7) is 5.36. The van der Waals surface area contributed by atoms with Gasteiger partial charge in [-0.05, 0) is 38.5 Å². The summed E-state index contributed by atoms with van der Waals surface area (Å²) in [6.07, 6.45) is -0.976. The van der Waals surface area contributed by atoms with Gasteiger partial charge in [0, 0.05) is 12.1 Å². The van der Waals surface area contributed by atoms with E-state index in [-0.39, 0.29) is 11.8 Å². The average Bonchev–Trinajstić information content (AvgIpc) is 3.06. The predicted octanol–water partition coefficient (Wildman–Crippen LogP) is 2.38. The lowest BCUT2D eigenvalue weighted by Crippen LogP contribution is -2.26. The van der Waals surface area contributed by atoms with Crippen LogP contribution in [0.5, 0.6) is 0 Å². The first-order valence-corrected chi connectivity index (χ1v) is 5.90. The molecule has 0 N–H and O–H groups in total. The molecule has 0 saturated carbocycles. The molecule has 1 aliphatic rings. The number of nitro benzene ring substituents is 1. The van der Waals surface area contributed by atoms with Crippen molar-refractivity contribution < 1.29 is 19.2 Å². The van der Waals surface area contributed by atoms with Gasteiger partial charge in [0.05, 0.1) is 4.92 Å². The van der Waals surface area contributed by atoms with Crippen LogP contribution in [0, 0.1) is 10.1 Å². The number of hydrogen-bond donors (Lipinski definition) is 0. The Morgan fingerprint density at radius 3 is 2.37 bits per heavy atom. The minimum atomic E-state index is -0.610. The summed E-state index contributed by atoms with van der Waals surface area (Å²) in [7, 11) is 0. The van der Waals surface area contributed by atoms with Gasteiger partial charge >= 0.3 is 5.97 Å². The summed E-state index contributed by atoms with van der Waals surface area (Å²) in [5.41, 5.74) is 0.197. The molecular weight excluding hydrogens is 250 g/mol. The van der Waals surface area contributed by atoms with Crippen molar-refractivity contribution in [3.63, 3.8) is 0 Å². The van der Waals surface area contributed by atoms with E-state index in [1.807, 2.05) is 0 Å². The third kappa shape index (κ3) is 3.29. The van der Waals surface area contributed by atoms with Gasteiger partial charge in [-0.2, -0.15) is 0 Å². The van der Waals surface area contributed by atoms with E-state index in [1.54, 1.807) is 32.9 Å². The molecule has 2 atom stereocenters. The quantitative estimate of drug-likeness (QED) is 0.362. The molecule has 1 heterocycles. The maximum absolute atomic E-state index is 11.7. The minimum Gasteiger partial charge on any atom is -0.458 e. The van der Waals surface area contributed by atoms with Crippen molar-refractivity contribution in [1.29, 1.82) is 0 Å². The van der Waals surface area contributed by atoms with Gasteiger partial charge in [0.2, 0.25) is 0 Å². The first-order valence-electron chi connectivity index (χ1n) is 5.90. The average molecular weight is 265 g/mol. The lowest BCUT2D eigenvalue weighted by molar-refractivity contribution is -0.384. The molecule has 1 fully saturated rings. The van der Waals surface area contributed by atoms with Gasteiger partial charge in [-0.3, -0.25) is 10.1 Å².